The number of phenolic OH excluding ortho intramolecular Hbond substituents is 1. The fraction of sp³-hybridized carbons (Fsp3) is 0.0800. The molecule has 0 spiro atoms. The van der Waals surface area contributed by atoms with Gasteiger partial charge >= 0.3 is 88.7 Å². The van der Waals surface area contributed by atoms with E-state index in [2.05, 4.69) is 19.7 Å². The van der Waals surface area contributed by atoms with Gasteiger partial charge in [-0.1, -0.05) is 12.1 Å². The van der Waals surface area contributed by atoms with Gasteiger partial charge in [0.05, 0.1) is 32.7 Å². The van der Waals surface area contributed by atoms with E-state index in [0.717, 1.165) is 30.3 Å². The molecule has 4 rings (SSSR count). The van der Waals surface area contributed by atoms with Crippen molar-refractivity contribution in [2.24, 2.45) is 10.2 Å². The summed E-state index contributed by atoms with van der Waals surface area (Å²) in [6.45, 7) is -0.919. The van der Waals surface area contributed by atoms with E-state index in [-0.39, 0.29) is 121 Å². The molecule has 17 nitrogen and oxygen atoms in total. The predicted molar refractivity (Wildman–Crippen MR) is 154 cm³/mol. The molecule has 0 heterocycles. The van der Waals surface area contributed by atoms with Crippen molar-refractivity contribution in [3.63, 3.8) is 0 Å². The van der Waals surface area contributed by atoms with Gasteiger partial charge in [-0.2, -0.15) is 5.11 Å². The maximum absolute atomic E-state index is 12.9. The Morgan fingerprint density at radius 3 is 2.02 bits per heavy atom. The maximum Gasteiger partial charge on any atom is 1.00 e. The summed E-state index contributed by atoms with van der Waals surface area (Å²) in [6.07, 6.45) is 0. The monoisotopic (exact) mass is 781 g/mol. The quantitative estimate of drug-likeness (QED) is 0.0619. The van der Waals surface area contributed by atoms with Gasteiger partial charge in [0.1, 0.15) is 25.9 Å². The first-order valence-electron chi connectivity index (χ1n) is 12.2. The van der Waals surface area contributed by atoms with Crippen molar-refractivity contribution in [1.82, 2.24) is 0 Å². The van der Waals surface area contributed by atoms with Gasteiger partial charge in [-0.05, 0) is 66.0 Å². The van der Waals surface area contributed by atoms with Gasteiger partial charge in [0.2, 0.25) is 10.4 Å². The molecule has 0 saturated heterocycles. The van der Waals surface area contributed by atoms with Crippen molar-refractivity contribution in [3.8, 4) is 5.75 Å². The third kappa shape index (κ3) is 12.4. The van der Waals surface area contributed by atoms with Crippen molar-refractivity contribution in [2.75, 3.05) is 17.7 Å². The number of carbonyl (C=O) groups excluding carboxylic acids is 1. The number of rotatable bonds is 11. The molecule has 0 fully saturated rings. The Hall–Kier alpha value is -1.35. The van der Waals surface area contributed by atoms with Crippen molar-refractivity contribution in [2.45, 2.75) is 14.7 Å². The summed E-state index contributed by atoms with van der Waals surface area (Å²) >= 11 is 0. The van der Waals surface area contributed by atoms with E-state index in [4.69, 9.17) is 0 Å². The SMILES string of the molecule is O=C(Nc1cccc(S(=O)(=O)CCOS(=O)(=O)[O-])c1)c1cccc(N=Nc2c(S(=O)(=O)[O-])cc3cc(S(=O)(=O)[O-])ccc3c2O)c1.[Na+].[Na+].[Na+]. The number of hydrogen-bond acceptors (Lipinski definition) is 16. The van der Waals surface area contributed by atoms with E-state index < -0.39 is 80.0 Å². The van der Waals surface area contributed by atoms with E-state index in [1.165, 1.54) is 42.5 Å². The standard InChI is InChI=1S/C25H21N3O14S4.3Na/c29-24-21-8-7-20(44(33,34)35)12-16(21)13-22(45(36,37)38)23(24)28-27-18-5-1-3-15(11-18)25(30)26-17-4-2-6-19(14-17)43(31,32)10-9-42-46(39,40)41;;;/h1-8,11-14,29H,9-10H2,(H,26,30)(H,33,34,35)(H,36,37,38)(H,39,40,41);;;/q;3*+1/p-3. The second-order valence-electron chi connectivity index (χ2n) is 9.14. The largest absolute Gasteiger partial charge is 1.00 e. The van der Waals surface area contributed by atoms with Crippen molar-refractivity contribution < 1.29 is 150 Å². The molecule has 0 aliphatic rings. The van der Waals surface area contributed by atoms with Gasteiger partial charge in [-0.15, -0.1) is 5.11 Å². The van der Waals surface area contributed by atoms with Gasteiger partial charge in [0, 0.05) is 16.6 Å². The van der Waals surface area contributed by atoms with Crippen LogP contribution in [0.3, 0.4) is 0 Å². The van der Waals surface area contributed by atoms with E-state index in [1.807, 2.05) is 0 Å². The topological polar surface area (TPSA) is 289 Å². The van der Waals surface area contributed by atoms with Gasteiger partial charge in [-0.25, -0.2) is 33.7 Å². The zero-order chi connectivity index (χ0) is 34.1. The van der Waals surface area contributed by atoms with Crippen molar-refractivity contribution in [3.05, 3.63) is 78.4 Å². The first kappa shape index (κ1) is 45.7. The first-order chi connectivity index (χ1) is 21.2. The molecule has 2 N–H and O–H groups in total. The molecule has 0 unspecified atom stereocenters. The van der Waals surface area contributed by atoms with Gasteiger partial charge in [0.25, 0.3) is 5.91 Å². The Balaban J connectivity index is 0.00000400. The summed E-state index contributed by atoms with van der Waals surface area (Å²) in [4.78, 5) is 10.8. The molecule has 0 bridgehead atoms. The number of aromatic hydroxyl groups is 1. The average Bonchev–Trinajstić information content (AvgIpc) is 2.95. The summed E-state index contributed by atoms with van der Waals surface area (Å²) in [5.74, 6) is -2.48. The number of anilines is 1. The van der Waals surface area contributed by atoms with E-state index in [9.17, 15) is 57.2 Å². The third-order valence-corrected chi connectivity index (χ3v) is 9.80. The predicted octanol–water partition coefficient (Wildman–Crippen LogP) is -6.72. The molecular formula is C25H18N3Na3O14S4. The molecule has 244 valence electrons. The second kappa shape index (κ2) is 17.9. The average molecular weight is 782 g/mol. The number of nitrogens with zero attached hydrogens (tertiary/aromatic N) is 2. The summed E-state index contributed by atoms with van der Waals surface area (Å²) < 4.78 is 130. The number of carbonyl (C=O) groups is 1. The minimum absolute atomic E-state index is 0. The number of azo groups is 1. The number of nitrogens with one attached hydrogen (secondary N) is 1. The Kier molecular flexibility index (Phi) is 16.7. The zero-order valence-electron chi connectivity index (χ0n) is 25.6. The van der Waals surface area contributed by atoms with Crippen LogP contribution in [0.15, 0.2) is 97.7 Å². The molecule has 49 heavy (non-hydrogen) atoms. The number of fused-ring (bicyclic) bond motifs is 1. The molecule has 24 heteroatoms. The molecule has 0 aliphatic heterocycles. The van der Waals surface area contributed by atoms with Crippen LogP contribution in [0.1, 0.15) is 10.4 Å². The molecule has 0 aliphatic carbocycles. The molecule has 4 aromatic rings. The van der Waals surface area contributed by atoms with Crippen LogP contribution in [0.5, 0.6) is 5.75 Å². The van der Waals surface area contributed by atoms with Crippen LogP contribution in [0.25, 0.3) is 10.8 Å². The zero-order valence-corrected chi connectivity index (χ0v) is 34.9. The van der Waals surface area contributed by atoms with Gasteiger partial charge in [-0.3, -0.25) is 8.98 Å². The Bertz CT molecular complexity index is 2360. The van der Waals surface area contributed by atoms with Crippen LogP contribution in [-0.2, 0) is 44.7 Å². The number of benzene rings is 4. The number of amides is 1. The number of sulfone groups is 1. The van der Waals surface area contributed by atoms with E-state index >= 15 is 0 Å². The van der Waals surface area contributed by atoms with E-state index in [1.54, 1.807) is 0 Å². The molecule has 4 aromatic carbocycles. The fourth-order valence-electron chi connectivity index (χ4n) is 3.92. The van der Waals surface area contributed by atoms with Crippen LogP contribution in [0.4, 0.5) is 17.1 Å². The Morgan fingerprint density at radius 2 is 1.41 bits per heavy atom. The van der Waals surface area contributed by atoms with E-state index in [0.29, 0.717) is 0 Å². The summed E-state index contributed by atoms with van der Waals surface area (Å²) in [6, 6.07) is 13.4. The smallest absolute Gasteiger partial charge is 0.744 e. The van der Waals surface area contributed by atoms with Crippen molar-refractivity contribution in [1.29, 1.82) is 0 Å². The van der Waals surface area contributed by atoms with Crippen LogP contribution in [-0.4, -0.2) is 70.7 Å². The van der Waals surface area contributed by atoms with Gasteiger partial charge < -0.3 is 24.1 Å². The number of phenols is 1. The second-order valence-corrected chi connectivity index (χ2v) is 15.0. The first-order valence-corrected chi connectivity index (χ1v) is 18.0. The van der Waals surface area contributed by atoms with Gasteiger partial charge in [0.15, 0.2) is 15.6 Å². The third-order valence-electron chi connectivity index (χ3n) is 5.99. The normalized spacial score (nSPS) is 12.1. The summed E-state index contributed by atoms with van der Waals surface area (Å²) in [5.41, 5.74) is -0.912. The molecule has 0 atom stereocenters. The summed E-state index contributed by atoms with van der Waals surface area (Å²) in [5, 5.41) is 20.2. The molecule has 0 saturated carbocycles. The van der Waals surface area contributed by atoms with Crippen LogP contribution in [0, 0.1) is 0 Å². The molecule has 0 aromatic heterocycles. The maximum atomic E-state index is 12.9. The molecular weight excluding hydrogens is 764 g/mol. The molecule has 1 amide bonds. The summed E-state index contributed by atoms with van der Waals surface area (Å²) in [7, 11) is -19.5. The number of hydrogen-bond donors (Lipinski definition) is 2. The Labute approximate surface area is 346 Å². The minimum atomic E-state index is -5.33. The molecule has 0 radical (unpaired) electrons. The van der Waals surface area contributed by atoms with Crippen LogP contribution in [0.2, 0.25) is 0 Å². The minimum Gasteiger partial charge on any atom is -0.744 e. The van der Waals surface area contributed by atoms with Crippen molar-refractivity contribution >= 4 is 74.2 Å². The van der Waals surface area contributed by atoms with Crippen LogP contribution < -0.4 is 94.0 Å². The fourth-order valence-corrected chi connectivity index (χ4v) is 6.60. The Morgan fingerprint density at radius 1 is 0.755 bits per heavy atom. The van der Waals surface area contributed by atoms with Crippen LogP contribution >= 0.6 is 0 Å².